The Labute approximate surface area is 108 Å². The third kappa shape index (κ3) is 2.02. The van der Waals surface area contributed by atoms with Crippen LogP contribution in [0.25, 0.3) is 11.7 Å². The average Bonchev–Trinajstić information content (AvgIpc) is 3.09. The zero-order valence-electron chi connectivity index (χ0n) is 9.29. The van der Waals surface area contributed by atoms with Crippen molar-refractivity contribution >= 4 is 11.6 Å². The van der Waals surface area contributed by atoms with Gasteiger partial charge in [-0.15, -0.1) is 21.8 Å². The average molecular weight is 261 g/mol. The summed E-state index contributed by atoms with van der Waals surface area (Å²) >= 11 is 6.28. The first kappa shape index (κ1) is 11.0. The van der Waals surface area contributed by atoms with Crippen LogP contribution in [0.5, 0.6) is 0 Å². The molecule has 0 saturated heterocycles. The maximum atomic E-state index is 6.28. The SMILES string of the molecule is ClC(c1ccccc1)c1nnc(-c2ccco2)o1. The number of nitrogens with zero attached hydrogens (tertiary/aromatic N) is 2. The van der Waals surface area contributed by atoms with Crippen LogP contribution in [0, 0.1) is 0 Å². The Morgan fingerprint density at radius 2 is 1.83 bits per heavy atom. The molecule has 3 aromatic rings. The molecule has 18 heavy (non-hydrogen) atoms. The van der Waals surface area contributed by atoms with Gasteiger partial charge in [-0.1, -0.05) is 30.3 Å². The number of alkyl halides is 1. The lowest BCUT2D eigenvalue weighted by Gasteiger charge is -2.03. The van der Waals surface area contributed by atoms with Gasteiger partial charge in [0, 0.05) is 0 Å². The normalized spacial score (nSPS) is 12.5. The first-order chi connectivity index (χ1) is 8.84. The number of rotatable bonds is 3. The van der Waals surface area contributed by atoms with Gasteiger partial charge in [-0.3, -0.25) is 0 Å². The number of halogens is 1. The molecule has 0 amide bonds. The summed E-state index contributed by atoms with van der Waals surface area (Å²) in [6.07, 6.45) is 1.55. The predicted molar refractivity (Wildman–Crippen MR) is 66.1 cm³/mol. The third-order valence-corrected chi connectivity index (χ3v) is 2.92. The largest absolute Gasteiger partial charge is 0.459 e. The van der Waals surface area contributed by atoms with Gasteiger partial charge in [0.25, 0.3) is 5.89 Å². The zero-order chi connectivity index (χ0) is 12.4. The Balaban J connectivity index is 1.90. The maximum Gasteiger partial charge on any atom is 0.283 e. The van der Waals surface area contributed by atoms with Crippen molar-refractivity contribution in [3.63, 3.8) is 0 Å². The molecule has 1 aromatic carbocycles. The topological polar surface area (TPSA) is 52.1 Å². The minimum atomic E-state index is -0.456. The Bertz CT molecular complexity index is 620. The van der Waals surface area contributed by atoms with Crippen molar-refractivity contribution in [1.82, 2.24) is 10.2 Å². The van der Waals surface area contributed by atoms with E-state index in [-0.39, 0.29) is 0 Å². The van der Waals surface area contributed by atoms with E-state index in [1.807, 2.05) is 30.3 Å². The molecule has 5 heteroatoms. The number of hydrogen-bond acceptors (Lipinski definition) is 4. The van der Waals surface area contributed by atoms with Crippen molar-refractivity contribution < 1.29 is 8.83 Å². The van der Waals surface area contributed by atoms with Crippen LogP contribution in [0.4, 0.5) is 0 Å². The van der Waals surface area contributed by atoms with E-state index >= 15 is 0 Å². The lowest BCUT2D eigenvalue weighted by Crippen LogP contribution is -1.92. The number of benzene rings is 1. The summed E-state index contributed by atoms with van der Waals surface area (Å²) in [6, 6.07) is 13.1. The molecule has 1 atom stereocenters. The highest BCUT2D eigenvalue weighted by atomic mass is 35.5. The molecule has 0 N–H and O–H groups in total. The highest BCUT2D eigenvalue weighted by Crippen LogP contribution is 2.29. The van der Waals surface area contributed by atoms with Crippen LogP contribution < -0.4 is 0 Å². The van der Waals surface area contributed by atoms with E-state index < -0.39 is 5.38 Å². The van der Waals surface area contributed by atoms with Gasteiger partial charge in [-0.2, -0.15) is 0 Å². The van der Waals surface area contributed by atoms with E-state index in [4.69, 9.17) is 20.4 Å². The highest BCUT2D eigenvalue weighted by Gasteiger charge is 2.19. The minimum Gasteiger partial charge on any atom is -0.459 e. The van der Waals surface area contributed by atoms with Crippen LogP contribution in [-0.4, -0.2) is 10.2 Å². The number of hydrogen-bond donors (Lipinski definition) is 0. The van der Waals surface area contributed by atoms with E-state index in [0.717, 1.165) is 5.56 Å². The summed E-state index contributed by atoms with van der Waals surface area (Å²) in [5.74, 6) is 1.22. The van der Waals surface area contributed by atoms with Crippen molar-refractivity contribution in [2.24, 2.45) is 0 Å². The molecule has 2 heterocycles. The van der Waals surface area contributed by atoms with E-state index in [1.165, 1.54) is 0 Å². The van der Waals surface area contributed by atoms with Gasteiger partial charge in [0.15, 0.2) is 5.76 Å². The van der Waals surface area contributed by atoms with Crippen LogP contribution in [0.3, 0.4) is 0 Å². The monoisotopic (exact) mass is 260 g/mol. The molecule has 3 rings (SSSR count). The van der Waals surface area contributed by atoms with Crippen molar-refractivity contribution in [2.45, 2.75) is 5.38 Å². The van der Waals surface area contributed by atoms with Gasteiger partial charge in [0.2, 0.25) is 5.89 Å². The standard InChI is InChI=1S/C13H9ClN2O2/c14-11(9-5-2-1-3-6-9)13-16-15-12(18-13)10-7-4-8-17-10/h1-8,11H. The first-order valence-electron chi connectivity index (χ1n) is 5.41. The Kier molecular flexibility index (Phi) is 2.86. The molecule has 0 fully saturated rings. The first-order valence-corrected chi connectivity index (χ1v) is 5.84. The molecule has 0 saturated carbocycles. The molecule has 90 valence electrons. The molecule has 0 spiro atoms. The van der Waals surface area contributed by atoms with E-state index in [2.05, 4.69) is 10.2 Å². The summed E-state index contributed by atoms with van der Waals surface area (Å²) in [5, 5.41) is 7.39. The second-order valence-corrected chi connectivity index (χ2v) is 4.13. The van der Waals surface area contributed by atoms with E-state index in [0.29, 0.717) is 17.5 Å². The van der Waals surface area contributed by atoms with Crippen molar-refractivity contribution in [2.75, 3.05) is 0 Å². The van der Waals surface area contributed by atoms with Crippen LogP contribution in [-0.2, 0) is 0 Å². The van der Waals surface area contributed by atoms with Crippen molar-refractivity contribution in [1.29, 1.82) is 0 Å². The Hall–Kier alpha value is -2.07. The zero-order valence-corrected chi connectivity index (χ0v) is 10.0. The van der Waals surface area contributed by atoms with Gasteiger partial charge in [-0.05, 0) is 17.7 Å². The van der Waals surface area contributed by atoms with Crippen LogP contribution in [0.2, 0.25) is 0 Å². The molecule has 0 bridgehead atoms. The maximum absolute atomic E-state index is 6.28. The Morgan fingerprint density at radius 3 is 2.56 bits per heavy atom. The highest BCUT2D eigenvalue weighted by molar-refractivity contribution is 6.22. The number of furan rings is 1. The summed E-state index contributed by atoms with van der Waals surface area (Å²) in [5.41, 5.74) is 0.911. The van der Waals surface area contributed by atoms with E-state index in [1.54, 1.807) is 18.4 Å². The second-order valence-electron chi connectivity index (χ2n) is 3.70. The molecular weight excluding hydrogens is 252 g/mol. The fraction of sp³-hybridized carbons (Fsp3) is 0.0769. The molecule has 2 aromatic heterocycles. The summed E-state index contributed by atoms with van der Waals surface area (Å²) in [4.78, 5) is 0. The lowest BCUT2D eigenvalue weighted by molar-refractivity contribution is 0.484. The molecule has 4 nitrogen and oxygen atoms in total. The minimum absolute atomic E-state index is 0.330. The number of aromatic nitrogens is 2. The van der Waals surface area contributed by atoms with Crippen LogP contribution >= 0.6 is 11.6 Å². The molecule has 0 aliphatic rings. The molecule has 0 aliphatic heterocycles. The molecule has 0 radical (unpaired) electrons. The second kappa shape index (κ2) is 4.66. The quantitative estimate of drug-likeness (QED) is 0.675. The van der Waals surface area contributed by atoms with Gasteiger partial charge in [-0.25, -0.2) is 0 Å². The lowest BCUT2D eigenvalue weighted by atomic mass is 10.1. The Morgan fingerprint density at radius 1 is 1.00 bits per heavy atom. The van der Waals surface area contributed by atoms with E-state index in [9.17, 15) is 0 Å². The van der Waals surface area contributed by atoms with Gasteiger partial charge < -0.3 is 8.83 Å². The van der Waals surface area contributed by atoms with Crippen molar-refractivity contribution in [3.05, 3.63) is 60.2 Å². The smallest absolute Gasteiger partial charge is 0.283 e. The fourth-order valence-electron chi connectivity index (χ4n) is 1.60. The molecule has 0 aliphatic carbocycles. The van der Waals surface area contributed by atoms with Crippen LogP contribution in [0.1, 0.15) is 16.8 Å². The van der Waals surface area contributed by atoms with Crippen LogP contribution in [0.15, 0.2) is 57.6 Å². The van der Waals surface area contributed by atoms with Gasteiger partial charge in [0.05, 0.1) is 6.26 Å². The third-order valence-electron chi connectivity index (χ3n) is 2.48. The predicted octanol–water partition coefficient (Wildman–Crippen LogP) is 3.66. The molecule has 1 unspecified atom stereocenters. The van der Waals surface area contributed by atoms with Crippen molar-refractivity contribution in [3.8, 4) is 11.7 Å². The summed E-state index contributed by atoms with van der Waals surface area (Å²) < 4.78 is 10.7. The molecular formula is C13H9ClN2O2. The van der Waals surface area contributed by atoms with Gasteiger partial charge >= 0.3 is 0 Å². The van der Waals surface area contributed by atoms with Gasteiger partial charge in [0.1, 0.15) is 5.38 Å². The summed E-state index contributed by atoms with van der Waals surface area (Å²) in [7, 11) is 0. The summed E-state index contributed by atoms with van der Waals surface area (Å²) in [6.45, 7) is 0. The fourth-order valence-corrected chi connectivity index (χ4v) is 1.84.